The van der Waals surface area contributed by atoms with E-state index in [9.17, 15) is 15.0 Å². The van der Waals surface area contributed by atoms with E-state index >= 15 is 0 Å². The zero-order valence-corrected chi connectivity index (χ0v) is 19.0. The van der Waals surface area contributed by atoms with Crippen molar-refractivity contribution in [2.45, 2.75) is 62.3 Å². The third-order valence-corrected chi connectivity index (χ3v) is 4.15. The first-order valence-corrected chi connectivity index (χ1v) is 7.36. The Labute approximate surface area is 176 Å². The summed E-state index contributed by atoms with van der Waals surface area (Å²) in [5.41, 5.74) is 8.04. The van der Waals surface area contributed by atoms with E-state index in [1.54, 1.807) is 13.8 Å². The molecule has 10 heteroatoms. The molecule has 0 aromatic carbocycles. The van der Waals surface area contributed by atoms with Crippen LogP contribution in [0, 0.1) is 44.1 Å². The zero-order chi connectivity index (χ0) is 17.4. The number of aliphatic hydroxyl groups excluding tert-OH is 2. The minimum Gasteiger partial charge on any atom is -0.670 e. The topological polar surface area (TPSA) is 127 Å². The maximum absolute atomic E-state index is 12.0. The number of hydrogen-bond donors (Lipinski definition) is 2. The third kappa shape index (κ3) is 4.48. The summed E-state index contributed by atoms with van der Waals surface area (Å²) in [5, 5.41) is 20.6. The van der Waals surface area contributed by atoms with Crippen LogP contribution in [0.1, 0.15) is 20.3 Å². The minimum absolute atomic E-state index is 0. The molecular weight excluding hydrogens is 537 g/mol. The molecule has 6 unspecified atom stereocenters. The van der Waals surface area contributed by atoms with Crippen LogP contribution in [0.25, 0.3) is 5.73 Å². The summed E-state index contributed by atoms with van der Waals surface area (Å²) >= 11 is 0. The van der Waals surface area contributed by atoms with Crippen LogP contribution in [-0.4, -0.2) is 79.0 Å². The van der Waals surface area contributed by atoms with Crippen LogP contribution in [-0.2, 0) is 28.5 Å². The van der Waals surface area contributed by atoms with Gasteiger partial charge in [-0.1, -0.05) is 6.04 Å². The SMILES string of the molecule is COC(=O)C1(OC)CC(O)C([NH-])C(C(O)C2COC(C)(C)O2)O1.[Ac]. The van der Waals surface area contributed by atoms with Crippen molar-refractivity contribution in [3.63, 3.8) is 0 Å². The van der Waals surface area contributed by atoms with E-state index in [1.165, 1.54) is 7.11 Å². The van der Waals surface area contributed by atoms with Crippen LogP contribution in [0.5, 0.6) is 0 Å². The Morgan fingerprint density at radius 3 is 2.42 bits per heavy atom. The number of esters is 1. The van der Waals surface area contributed by atoms with E-state index in [0.29, 0.717) is 0 Å². The number of carbonyl (C=O) groups excluding carboxylic acids is 1. The fourth-order valence-corrected chi connectivity index (χ4v) is 2.84. The molecule has 137 valence electrons. The van der Waals surface area contributed by atoms with Crippen LogP contribution < -0.4 is 0 Å². The first kappa shape index (κ1) is 22.7. The summed E-state index contributed by atoms with van der Waals surface area (Å²) < 4.78 is 26.3. The Balaban J connectivity index is 0.00000288. The molecule has 2 fully saturated rings. The van der Waals surface area contributed by atoms with Crippen LogP contribution in [0.2, 0.25) is 0 Å². The Morgan fingerprint density at radius 2 is 1.96 bits per heavy atom. The summed E-state index contributed by atoms with van der Waals surface area (Å²) in [4.78, 5) is 12.0. The fourth-order valence-electron chi connectivity index (χ4n) is 2.84. The maximum atomic E-state index is 12.0. The number of hydrogen-bond acceptors (Lipinski definition) is 8. The molecule has 2 saturated heterocycles. The van der Waals surface area contributed by atoms with Crippen molar-refractivity contribution in [1.29, 1.82) is 0 Å². The van der Waals surface area contributed by atoms with Gasteiger partial charge in [0.2, 0.25) is 0 Å². The molecule has 0 saturated carbocycles. The molecule has 1 radical (unpaired) electrons. The summed E-state index contributed by atoms with van der Waals surface area (Å²) in [6.45, 7) is 3.50. The molecule has 6 atom stereocenters. The number of carbonyl (C=O) groups is 1. The van der Waals surface area contributed by atoms with E-state index in [1.807, 2.05) is 0 Å². The van der Waals surface area contributed by atoms with Crippen LogP contribution in [0.15, 0.2) is 0 Å². The van der Waals surface area contributed by atoms with E-state index in [0.717, 1.165) is 7.11 Å². The molecule has 2 aliphatic rings. The van der Waals surface area contributed by atoms with Crippen molar-refractivity contribution in [1.82, 2.24) is 0 Å². The van der Waals surface area contributed by atoms with Gasteiger partial charge in [0.1, 0.15) is 12.2 Å². The summed E-state index contributed by atoms with van der Waals surface area (Å²) in [5.74, 6) is -3.57. The molecule has 9 nitrogen and oxygen atoms in total. The Bertz CT molecular complexity index is 450. The molecule has 0 spiro atoms. The Kier molecular flexibility index (Phi) is 8.07. The average molecular weight is 561 g/mol. The summed E-state index contributed by atoms with van der Waals surface area (Å²) in [6.07, 6.45) is -4.74. The van der Waals surface area contributed by atoms with Gasteiger partial charge in [-0.2, -0.15) is 0 Å². The van der Waals surface area contributed by atoms with Gasteiger partial charge in [-0.05, 0) is 13.8 Å². The summed E-state index contributed by atoms with van der Waals surface area (Å²) in [7, 11) is 2.39. The molecule has 2 rings (SSSR count). The van der Waals surface area contributed by atoms with Gasteiger partial charge in [0.15, 0.2) is 5.79 Å². The predicted molar refractivity (Wildman–Crippen MR) is 76.3 cm³/mol. The summed E-state index contributed by atoms with van der Waals surface area (Å²) in [6, 6.07) is -1.18. The van der Waals surface area contributed by atoms with Crippen molar-refractivity contribution in [3.05, 3.63) is 5.73 Å². The monoisotopic (exact) mass is 561 g/mol. The van der Waals surface area contributed by atoms with Crippen molar-refractivity contribution in [2.24, 2.45) is 0 Å². The number of ether oxygens (including phenoxy) is 5. The molecule has 3 N–H and O–H groups in total. The predicted octanol–water partition coefficient (Wildman–Crippen LogP) is -0.415. The molecule has 0 aliphatic carbocycles. The van der Waals surface area contributed by atoms with Gasteiger partial charge in [0, 0.05) is 63.7 Å². The normalized spacial score (nSPS) is 39.8. The Morgan fingerprint density at radius 1 is 1.33 bits per heavy atom. The van der Waals surface area contributed by atoms with Gasteiger partial charge in [-0.3, -0.25) is 0 Å². The quantitative estimate of drug-likeness (QED) is 0.444. The number of methoxy groups -OCH3 is 2. The molecule has 0 bridgehead atoms. The maximum Gasteiger partial charge on any atom is 0.366 e. The zero-order valence-electron chi connectivity index (χ0n) is 14.2. The molecular formula is C14H24AcNO8-. The first-order chi connectivity index (χ1) is 10.7. The van der Waals surface area contributed by atoms with E-state index in [-0.39, 0.29) is 57.1 Å². The van der Waals surface area contributed by atoms with E-state index in [2.05, 4.69) is 4.74 Å². The number of aliphatic hydroxyl groups is 2. The third-order valence-electron chi connectivity index (χ3n) is 4.15. The van der Waals surface area contributed by atoms with Gasteiger partial charge < -0.3 is 39.6 Å². The van der Waals surface area contributed by atoms with Gasteiger partial charge in [0.05, 0.1) is 19.8 Å². The van der Waals surface area contributed by atoms with Crippen LogP contribution >= 0.6 is 0 Å². The van der Waals surface area contributed by atoms with E-state index < -0.39 is 48.0 Å². The second-order valence-corrected chi connectivity index (χ2v) is 6.19. The first-order valence-electron chi connectivity index (χ1n) is 7.36. The number of nitrogens with one attached hydrogen (secondary N) is 1. The molecule has 24 heavy (non-hydrogen) atoms. The smallest absolute Gasteiger partial charge is 0.366 e. The van der Waals surface area contributed by atoms with Crippen molar-refractivity contribution >= 4 is 5.97 Å². The van der Waals surface area contributed by atoms with Gasteiger partial charge in [0.25, 0.3) is 5.79 Å². The van der Waals surface area contributed by atoms with Gasteiger partial charge >= 0.3 is 5.97 Å². The van der Waals surface area contributed by atoms with Crippen molar-refractivity contribution < 1.29 is 82.8 Å². The molecule has 0 amide bonds. The van der Waals surface area contributed by atoms with Gasteiger partial charge in [-0.25, -0.2) is 4.79 Å². The van der Waals surface area contributed by atoms with Crippen LogP contribution in [0.4, 0.5) is 0 Å². The van der Waals surface area contributed by atoms with Crippen molar-refractivity contribution in [2.75, 3.05) is 20.8 Å². The fraction of sp³-hybridized carbons (Fsp3) is 0.929. The number of rotatable bonds is 4. The van der Waals surface area contributed by atoms with Gasteiger partial charge in [-0.15, -0.1) is 0 Å². The van der Waals surface area contributed by atoms with Crippen molar-refractivity contribution in [3.8, 4) is 0 Å². The largest absolute Gasteiger partial charge is 0.670 e. The molecule has 0 aromatic heterocycles. The van der Waals surface area contributed by atoms with E-state index in [4.69, 9.17) is 24.7 Å². The Hall–Kier alpha value is 0.632. The minimum atomic E-state index is -1.87. The second kappa shape index (κ2) is 8.55. The molecule has 2 heterocycles. The average Bonchev–Trinajstić information content (AvgIpc) is 2.88. The molecule has 2 aliphatic heterocycles. The van der Waals surface area contributed by atoms with Crippen LogP contribution in [0.3, 0.4) is 0 Å². The second-order valence-electron chi connectivity index (χ2n) is 6.19. The molecule has 0 aromatic rings. The standard InChI is InChI=1S/C14H24NO8.Ac/c1-13(2)21-6-8(22-13)10(17)11-9(15)7(16)5-14(20-4,23-11)12(18)19-3;/h7-11,15-17H,5-6H2,1-4H3;/q-1;.